The fourth-order valence-corrected chi connectivity index (χ4v) is 3.84. The minimum Gasteiger partial charge on any atom is -0.455 e. The molecule has 0 aliphatic heterocycles. The number of hydrogen-bond donors (Lipinski definition) is 1. The molecule has 0 aromatic heterocycles. The molecule has 144 valence electrons. The zero-order valence-electron chi connectivity index (χ0n) is 14.8. The van der Waals surface area contributed by atoms with Crippen LogP contribution >= 0.6 is 11.6 Å². The first-order valence-electron chi connectivity index (χ1n) is 8.54. The maximum absolute atomic E-state index is 12.4. The molecule has 0 saturated carbocycles. The molecular weight excluding hydrogens is 398 g/mol. The number of nitrogens with one attached hydrogen (secondary N) is 1. The van der Waals surface area contributed by atoms with E-state index in [9.17, 15) is 13.2 Å². The van der Waals surface area contributed by atoms with Gasteiger partial charge in [-0.2, -0.15) is 0 Å². The molecule has 28 heavy (non-hydrogen) atoms. The number of anilines is 1. The molecule has 3 rings (SSSR count). The summed E-state index contributed by atoms with van der Waals surface area (Å²) in [6.07, 6.45) is -0.176. The molecule has 5 nitrogen and oxygen atoms in total. The number of para-hydroxylation sites is 3. The third kappa shape index (κ3) is 5.34. The lowest BCUT2D eigenvalue weighted by Crippen LogP contribution is -2.17. The Kier molecular flexibility index (Phi) is 6.34. The number of sulfone groups is 1. The molecule has 3 aromatic rings. The fourth-order valence-electron chi connectivity index (χ4n) is 2.47. The summed E-state index contributed by atoms with van der Waals surface area (Å²) >= 11 is 5.78. The number of amides is 1. The van der Waals surface area contributed by atoms with E-state index in [0.717, 1.165) is 0 Å². The van der Waals surface area contributed by atoms with Gasteiger partial charge in [0.1, 0.15) is 5.75 Å². The van der Waals surface area contributed by atoms with Crippen molar-refractivity contribution in [1.82, 2.24) is 0 Å². The molecule has 0 spiro atoms. The van der Waals surface area contributed by atoms with Crippen molar-refractivity contribution in [1.29, 1.82) is 0 Å². The highest BCUT2D eigenvalue weighted by Gasteiger charge is 2.17. The number of halogens is 1. The topological polar surface area (TPSA) is 72.5 Å². The molecule has 3 aromatic carbocycles. The standard InChI is InChI=1S/C21H18ClNO4S/c22-16-10-12-18(13-11-16)28(25,26)15-14-21(24)23-19-8-4-5-9-20(19)27-17-6-2-1-3-7-17/h1-13H,14-15H2,(H,23,24). The number of ether oxygens (including phenoxy) is 1. The van der Waals surface area contributed by atoms with E-state index in [0.29, 0.717) is 22.2 Å². The zero-order valence-corrected chi connectivity index (χ0v) is 16.4. The van der Waals surface area contributed by atoms with E-state index in [1.807, 2.05) is 18.2 Å². The van der Waals surface area contributed by atoms with E-state index >= 15 is 0 Å². The lowest BCUT2D eigenvalue weighted by atomic mass is 10.2. The molecule has 0 atom stereocenters. The Morgan fingerprint density at radius 1 is 0.893 bits per heavy atom. The molecule has 1 N–H and O–H groups in total. The van der Waals surface area contributed by atoms with Gasteiger partial charge in [0.2, 0.25) is 5.91 Å². The first kappa shape index (κ1) is 19.9. The van der Waals surface area contributed by atoms with Crippen molar-refractivity contribution in [2.24, 2.45) is 0 Å². The SMILES string of the molecule is O=C(CCS(=O)(=O)c1ccc(Cl)cc1)Nc1ccccc1Oc1ccccc1. The van der Waals surface area contributed by atoms with Gasteiger partial charge >= 0.3 is 0 Å². The van der Waals surface area contributed by atoms with Gasteiger partial charge in [-0.25, -0.2) is 8.42 Å². The summed E-state index contributed by atoms with van der Waals surface area (Å²) in [5.74, 6) is 0.390. The Labute approximate surface area is 168 Å². The average molecular weight is 416 g/mol. The van der Waals surface area contributed by atoms with Gasteiger partial charge in [-0.15, -0.1) is 0 Å². The van der Waals surface area contributed by atoms with Gasteiger partial charge in [0, 0.05) is 11.4 Å². The molecule has 0 fully saturated rings. The van der Waals surface area contributed by atoms with Crippen molar-refractivity contribution in [3.63, 3.8) is 0 Å². The number of benzene rings is 3. The van der Waals surface area contributed by atoms with Crippen LogP contribution in [0.3, 0.4) is 0 Å². The first-order chi connectivity index (χ1) is 13.4. The van der Waals surface area contributed by atoms with E-state index in [1.54, 1.807) is 36.4 Å². The van der Waals surface area contributed by atoms with Crippen LogP contribution in [0.5, 0.6) is 11.5 Å². The van der Waals surface area contributed by atoms with Crippen LogP contribution in [0.15, 0.2) is 83.8 Å². The first-order valence-corrected chi connectivity index (χ1v) is 10.6. The van der Waals surface area contributed by atoms with Crippen LogP contribution in [0.1, 0.15) is 6.42 Å². The molecule has 0 aliphatic carbocycles. The van der Waals surface area contributed by atoms with Crippen LogP contribution in [-0.2, 0) is 14.6 Å². The van der Waals surface area contributed by atoms with Crippen LogP contribution < -0.4 is 10.1 Å². The number of rotatable bonds is 7. The summed E-state index contributed by atoms with van der Waals surface area (Å²) in [5, 5.41) is 3.17. The highest BCUT2D eigenvalue weighted by Crippen LogP contribution is 2.29. The van der Waals surface area contributed by atoms with Crippen molar-refractivity contribution in [2.45, 2.75) is 11.3 Å². The largest absolute Gasteiger partial charge is 0.455 e. The second-order valence-electron chi connectivity index (χ2n) is 5.98. The zero-order chi connectivity index (χ0) is 20.0. The van der Waals surface area contributed by atoms with Crippen molar-refractivity contribution in [3.05, 3.63) is 83.9 Å². The lowest BCUT2D eigenvalue weighted by Gasteiger charge is -2.12. The van der Waals surface area contributed by atoms with Crippen LogP contribution in [0.25, 0.3) is 0 Å². The van der Waals surface area contributed by atoms with Crippen molar-refractivity contribution in [3.8, 4) is 11.5 Å². The molecule has 0 heterocycles. The molecule has 1 amide bonds. The van der Waals surface area contributed by atoms with Gasteiger partial charge in [-0.05, 0) is 48.5 Å². The normalized spacial score (nSPS) is 11.0. The van der Waals surface area contributed by atoms with Gasteiger partial charge in [0.25, 0.3) is 0 Å². The molecule has 0 unspecified atom stereocenters. The van der Waals surface area contributed by atoms with Crippen LogP contribution in [0.4, 0.5) is 5.69 Å². The van der Waals surface area contributed by atoms with Gasteiger partial charge in [0.05, 0.1) is 16.3 Å². The smallest absolute Gasteiger partial charge is 0.225 e. The maximum Gasteiger partial charge on any atom is 0.225 e. The number of carbonyl (C=O) groups excluding carboxylic acids is 1. The lowest BCUT2D eigenvalue weighted by molar-refractivity contribution is -0.115. The van der Waals surface area contributed by atoms with Crippen LogP contribution in [-0.4, -0.2) is 20.1 Å². The van der Waals surface area contributed by atoms with Crippen LogP contribution in [0.2, 0.25) is 5.02 Å². The summed E-state index contributed by atoms with van der Waals surface area (Å²) in [5.41, 5.74) is 0.472. The van der Waals surface area contributed by atoms with E-state index in [1.165, 1.54) is 24.3 Å². The molecule has 7 heteroatoms. The Morgan fingerprint density at radius 2 is 1.54 bits per heavy atom. The third-order valence-electron chi connectivity index (χ3n) is 3.90. The Balaban J connectivity index is 1.64. The predicted molar refractivity (Wildman–Crippen MR) is 110 cm³/mol. The minimum atomic E-state index is -3.57. The maximum atomic E-state index is 12.4. The highest BCUT2D eigenvalue weighted by molar-refractivity contribution is 7.91. The summed E-state index contributed by atoms with van der Waals surface area (Å²) < 4.78 is 30.5. The Bertz CT molecular complexity index is 1050. The Morgan fingerprint density at radius 3 is 2.25 bits per heavy atom. The van der Waals surface area contributed by atoms with Crippen molar-refractivity contribution < 1.29 is 17.9 Å². The van der Waals surface area contributed by atoms with Gasteiger partial charge in [-0.3, -0.25) is 4.79 Å². The monoisotopic (exact) mass is 415 g/mol. The molecule has 0 aliphatic rings. The van der Waals surface area contributed by atoms with E-state index in [4.69, 9.17) is 16.3 Å². The van der Waals surface area contributed by atoms with E-state index < -0.39 is 15.7 Å². The minimum absolute atomic E-state index is 0.137. The molecule has 0 radical (unpaired) electrons. The number of hydrogen-bond acceptors (Lipinski definition) is 4. The quantitative estimate of drug-likeness (QED) is 0.593. The number of carbonyl (C=O) groups is 1. The van der Waals surface area contributed by atoms with E-state index in [2.05, 4.69) is 5.32 Å². The Hall–Kier alpha value is -2.83. The third-order valence-corrected chi connectivity index (χ3v) is 5.89. The summed E-state index contributed by atoms with van der Waals surface area (Å²) in [6, 6.07) is 22.0. The summed E-state index contributed by atoms with van der Waals surface area (Å²) in [4.78, 5) is 12.4. The van der Waals surface area contributed by atoms with Crippen molar-refractivity contribution in [2.75, 3.05) is 11.1 Å². The molecular formula is C21H18ClNO4S. The fraction of sp³-hybridized carbons (Fsp3) is 0.0952. The second kappa shape index (κ2) is 8.91. The van der Waals surface area contributed by atoms with Gasteiger partial charge < -0.3 is 10.1 Å². The van der Waals surface area contributed by atoms with Crippen molar-refractivity contribution >= 4 is 33.0 Å². The second-order valence-corrected chi connectivity index (χ2v) is 8.53. The average Bonchev–Trinajstić information content (AvgIpc) is 2.69. The predicted octanol–water partition coefficient (Wildman–Crippen LogP) is 4.93. The van der Waals surface area contributed by atoms with Crippen LogP contribution in [0, 0.1) is 0 Å². The molecule has 0 saturated heterocycles. The summed E-state index contributed by atoms with van der Waals surface area (Å²) in [7, 11) is -3.57. The van der Waals surface area contributed by atoms with Gasteiger partial charge in [0.15, 0.2) is 15.6 Å². The van der Waals surface area contributed by atoms with Gasteiger partial charge in [-0.1, -0.05) is 41.9 Å². The highest BCUT2D eigenvalue weighted by atomic mass is 35.5. The summed E-state index contributed by atoms with van der Waals surface area (Å²) in [6.45, 7) is 0. The van der Waals surface area contributed by atoms with E-state index in [-0.39, 0.29) is 17.1 Å². The molecule has 0 bridgehead atoms.